The second kappa shape index (κ2) is 12.1. The number of fused-ring (bicyclic) bond motifs is 1. The van der Waals surface area contributed by atoms with Crippen molar-refractivity contribution in [2.75, 3.05) is 31.6 Å². The smallest absolute Gasteiger partial charge is 0.287 e. The number of nitro groups is 1. The molecule has 0 saturated carbocycles. The van der Waals surface area contributed by atoms with E-state index in [-0.39, 0.29) is 36.4 Å². The van der Waals surface area contributed by atoms with Crippen molar-refractivity contribution in [1.82, 2.24) is 10.3 Å². The predicted molar refractivity (Wildman–Crippen MR) is 131 cm³/mol. The van der Waals surface area contributed by atoms with Gasteiger partial charge in [0.1, 0.15) is 17.6 Å². The summed E-state index contributed by atoms with van der Waals surface area (Å²) in [5, 5.41) is 26.5. The molecule has 2 aromatic heterocycles. The van der Waals surface area contributed by atoms with Crippen LogP contribution >= 0.6 is 0 Å². The van der Waals surface area contributed by atoms with Crippen molar-refractivity contribution in [1.29, 1.82) is 0 Å². The van der Waals surface area contributed by atoms with E-state index in [1.165, 1.54) is 18.3 Å². The van der Waals surface area contributed by atoms with Crippen molar-refractivity contribution >= 4 is 28.4 Å². The molecule has 0 bridgehead atoms. The highest BCUT2D eigenvalue weighted by atomic mass is 16.7. The van der Waals surface area contributed by atoms with Crippen LogP contribution in [0.1, 0.15) is 30.7 Å². The molecule has 2 unspecified atom stereocenters. The molecule has 1 amide bonds. The molecule has 11 nitrogen and oxygen atoms in total. The minimum absolute atomic E-state index is 0.0928. The molecular formula is C25H28N4O7. The van der Waals surface area contributed by atoms with Crippen LogP contribution in [-0.2, 0) is 14.3 Å². The topological polar surface area (TPSA) is 149 Å². The SMILES string of the molecule is O=C(NCCNc1ccc([N+](=O)[O-])cn1)C1=CC(c2coc3ccccc23)CC(OCCCCO)O1. The summed E-state index contributed by atoms with van der Waals surface area (Å²) in [5.41, 5.74) is 1.63. The minimum atomic E-state index is -0.615. The summed E-state index contributed by atoms with van der Waals surface area (Å²) in [6.45, 7) is 1.14. The third kappa shape index (κ3) is 6.37. The lowest BCUT2D eigenvalue weighted by Crippen LogP contribution is -2.35. The average Bonchev–Trinajstić information content (AvgIpc) is 3.33. The van der Waals surface area contributed by atoms with Crippen molar-refractivity contribution in [3.63, 3.8) is 0 Å². The fraction of sp³-hybridized carbons (Fsp3) is 0.360. The third-order valence-corrected chi connectivity index (χ3v) is 5.72. The number of nitrogens with zero attached hydrogens (tertiary/aromatic N) is 2. The molecule has 0 radical (unpaired) electrons. The molecule has 0 aliphatic carbocycles. The number of hydrogen-bond donors (Lipinski definition) is 3. The number of carbonyl (C=O) groups excluding carboxylic acids is 1. The average molecular weight is 497 g/mol. The lowest BCUT2D eigenvalue weighted by Gasteiger charge is -2.29. The van der Waals surface area contributed by atoms with Gasteiger partial charge in [-0.1, -0.05) is 18.2 Å². The quantitative estimate of drug-likeness (QED) is 0.195. The maximum Gasteiger partial charge on any atom is 0.287 e. The summed E-state index contributed by atoms with van der Waals surface area (Å²) in [5.74, 6) is 0.103. The van der Waals surface area contributed by atoms with Gasteiger partial charge in [0, 0.05) is 49.1 Å². The molecule has 3 N–H and O–H groups in total. The van der Waals surface area contributed by atoms with Gasteiger partial charge in [0.2, 0.25) is 6.29 Å². The van der Waals surface area contributed by atoms with Crippen LogP contribution in [0.5, 0.6) is 0 Å². The largest absolute Gasteiger partial charge is 0.464 e. The van der Waals surface area contributed by atoms with Gasteiger partial charge in [0.05, 0.1) is 17.8 Å². The zero-order chi connectivity index (χ0) is 25.3. The highest BCUT2D eigenvalue weighted by Gasteiger charge is 2.30. The first kappa shape index (κ1) is 25.1. The first-order valence-corrected chi connectivity index (χ1v) is 11.7. The highest BCUT2D eigenvalue weighted by Crippen LogP contribution is 2.36. The molecule has 3 aromatic rings. The first-order valence-electron chi connectivity index (χ1n) is 11.7. The predicted octanol–water partition coefficient (Wildman–Crippen LogP) is 3.47. The van der Waals surface area contributed by atoms with Gasteiger partial charge in [-0.15, -0.1) is 0 Å². The van der Waals surface area contributed by atoms with Gasteiger partial charge in [-0.05, 0) is 31.1 Å². The maximum absolute atomic E-state index is 12.9. The molecule has 2 atom stereocenters. The molecule has 1 aromatic carbocycles. The molecule has 0 fully saturated rings. The van der Waals surface area contributed by atoms with E-state index in [4.69, 9.17) is 19.0 Å². The van der Waals surface area contributed by atoms with Gasteiger partial charge < -0.3 is 29.6 Å². The number of aromatic nitrogens is 1. The number of aliphatic hydroxyl groups excluding tert-OH is 1. The van der Waals surface area contributed by atoms with Crippen LogP contribution in [0.15, 0.2) is 65.1 Å². The number of benzene rings is 1. The highest BCUT2D eigenvalue weighted by molar-refractivity contribution is 5.92. The van der Waals surface area contributed by atoms with Crippen molar-refractivity contribution in [2.24, 2.45) is 0 Å². The Morgan fingerprint density at radius 2 is 2.08 bits per heavy atom. The lowest BCUT2D eigenvalue weighted by molar-refractivity contribution is -0.385. The van der Waals surface area contributed by atoms with Crippen LogP contribution in [0.2, 0.25) is 0 Å². The standard InChI is InChI=1S/C25H28N4O7/c30-11-3-4-12-34-24-14-17(20-16-35-21-6-2-1-5-19(20)21)13-22(36-24)25(31)27-10-9-26-23-8-7-18(15-28-23)29(32)33/h1-2,5-8,13,15-17,24,30H,3-4,9-12,14H2,(H,26,28)(H,27,31). The van der Waals surface area contributed by atoms with E-state index < -0.39 is 11.2 Å². The third-order valence-electron chi connectivity index (χ3n) is 5.72. The maximum atomic E-state index is 12.9. The second-order valence-corrected chi connectivity index (χ2v) is 8.25. The Morgan fingerprint density at radius 3 is 2.86 bits per heavy atom. The van der Waals surface area contributed by atoms with E-state index in [1.54, 1.807) is 12.3 Å². The molecule has 1 aliphatic rings. The Balaban J connectivity index is 1.38. The number of anilines is 1. The fourth-order valence-corrected chi connectivity index (χ4v) is 3.90. The van der Waals surface area contributed by atoms with E-state index in [0.29, 0.717) is 38.2 Å². The molecule has 3 heterocycles. The Labute approximate surface area is 207 Å². The van der Waals surface area contributed by atoms with Crippen LogP contribution in [0.25, 0.3) is 11.0 Å². The normalized spacial score (nSPS) is 17.3. The number of rotatable bonds is 12. The van der Waals surface area contributed by atoms with Crippen molar-refractivity contribution < 1.29 is 28.7 Å². The van der Waals surface area contributed by atoms with E-state index in [0.717, 1.165) is 16.5 Å². The van der Waals surface area contributed by atoms with Gasteiger partial charge in [0.25, 0.3) is 11.6 Å². The van der Waals surface area contributed by atoms with Crippen LogP contribution in [-0.4, -0.2) is 53.5 Å². The Bertz CT molecular complexity index is 1210. The number of amides is 1. The van der Waals surface area contributed by atoms with Crippen LogP contribution < -0.4 is 10.6 Å². The number of pyridine rings is 1. The summed E-state index contributed by atoms with van der Waals surface area (Å²) < 4.78 is 17.4. The number of allylic oxidation sites excluding steroid dienone is 1. The number of aliphatic hydroxyl groups is 1. The molecule has 36 heavy (non-hydrogen) atoms. The van der Waals surface area contributed by atoms with Crippen molar-refractivity contribution in [3.05, 3.63) is 76.4 Å². The Morgan fingerprint density at radius 1 is 1.22 bits per heavy atom. The summed E-state index contributed by atoms with van der Waals surface area (Å²) in [7, 11) is 0. The van der Waals surface area contributed by atoms with E-state index >= 15 is 0 Å². The molecule has 190 valence electrons. The van der Waals surface area contributed by atoms with E-state index in [2.05, 4.69) is 15.6 Å². The van der Waals surface area contributed by atoms with Crippen LogP contribution in [0.3, 0.4) is 0 Å². The molecule has 1 aliphatic heterocycles. The number of carbonyl (C=O) groups is 1. The summed E-state index contributed by atoms with van der Waals surface area (Å²) in [6.07, 6.45) is 5.87. The minimum Gasteiger partial charge on any atom is -0.464 e. The van der Waals surface area contributed by atoms with Gasteiger partial charge in [-0.25, -0.2) is 4.98 Å². The summed E-state index contributed by atoms with van der Waals surface area (Å²) in [6, 6.07) is 10.6. The first-order chi connectivity index (χ1) is 17.5. The Kier molecular flexibility index (Phi) is 8.48. The van der Waals surface area contributed by atoms with Crippen molar-refractivity contribution in [3.8, 4) is 0 Å². The van der Waals surface area contributed by atoms with E-state index in [9.17, 15) is 14.9 Å². The van der Waals surface area contributed by atoms with E-state index in [1.807, 2.05) is 24.3 Å². The van der Waals surface area contributed by atoms with Crippen molar-refractivity contribution in [2.45, 2.75) is 31.5 Å². The van der Waals surface area contributed by atoms with Crippen LogP contribution in [0.4, 0.5) is 11.5 Å². The number of ether oxygens (including phenoxy) is 2. The lowest BCUT2D eigenvalue weighted by atomic mass is 9.92. The van der Waals surface area contributed by atoms with Gasteiger partial charge in [-0.2, -0.15) is 0 Å². The number of furan rings is 1. The summed E-state index contributed by atoms with van der Waals surface area (Å²) >= 11 is 0. The van der Waals surface area contributed by atoms with Gasteiger partial charge in [0.15, 0.2) is 5.76 Å². The Hall–Kier alpha value is -3.96. The molecule has 4 rings (SSSR count). The number of para-hydroxylation sites is 1. The number of unbranched alkanes of at least 4 members (excludes halogenated alkanes) is 1. The van der Waals surface area contributed by atoms with Gasteiger partial charge in [-0.3, -0.25) is 14.9 Å². The zero-order valence-electron chi connectivity index (χ0n) is 19.6. The van der Waals surface area contributed by atoms with Gasteiger partial charge >= 0.3 is 0 Å². The summed E-state index contributed by atoms with van der Waals surface area (Å²) in [4.78, 5) is 27.1. The fourth-order valence-electron chi connectivity index (χ4n) is 3.90. The molecule has 0 saturated heterocycles. The second-order valence-electron chi connectivity index (χ2n) is 8.25. The van der Waals surface area contributed by atoms with Crippen LogP contribution in [0, 0.1) is 10.1 Å². The number of nitrogens with one attached hydrogen (secondary N) is 2. The molecule has 0 spiro atoms. The monoisotopic (exact) mass is 496 g/mol. The number of hydrogen-bond acceptors (Lipinski definition) is 9. The molecule has 11 heteroatoms. The zero-order valence-corrected chi connectivity index (χ0v) is 19.6. The molecular weight excluding hydrogens is 468 g/mol.